The zero-order chi connectivity index (χ0) is 11.5. The number of benzene rings is 1. The number of carbonyl (C=O) groups excluding carboxylic acids is 1. The molecule has 0 radical (unpaired) electrons. The molecule has 1 aromatic carbocycles. The van der Waals surface area contributed by atoms with Crippen LogP contribution in [0.4, 0.5) is 5.69 Å². The fourth-order valence-corrected chi connectivity index (χ4v) is 2.39. The van der Waals surface area contributed by atoms with E-state index >= 15 is 0 Å². The van der Waals surface area contributed by atoms with Gasteiger partial charge in [-0.2, -0.15) is 0 Å². The van der Waals surface area contributed by atoms with Crippen LogP contribution < -0.4 is 10.6 Å². The van der Waals surface area contributed by atoms with Crippen LogP contribution in [-0.4, -0.2) is 24.7 Å². The van der Waals surface area contributed by atoms with Crippen LogP contribution in [0.3, 0.4) is 0 Å². The third kappa shape index (κ3) is 2.23. The van der Waals surface area contributed by atoms with Crippen molar-refractivity contribution in [2.24, 2.45) is 5.73 Å². The van der Waals surface area contributed by atoms with Gasteiger partial charge >= 0.3 is 0 Å². The quantitative estimate of drug-likeness (QED) is 0.797. The molecule has 1 atom stereocenters. The van der Waals surface area contributed by atoms with Crippen molar-refractivity contribution in [3.63, 3.8) is 0 Å². The molecule has 1 fully saturated rings. The Labute approximate surface area is 100.0 Å². The van der Waals surface area contributed by atoms with Crippen molar-refractivity contribution < 1.29 is 4.79 Å². The van der Waals surface area contributed by atoms with Gasteiger partial charge in [-0.15, -0.1) is 11.8 Å². The number of thioether (sulfide) groups is 1. The highest BCUT2D eigenvalue weighted by Gasteiger charge is 2.26. The van der Waals surface area contributed by atoms with Gasteiger partial charge in [-0.3, -0.25) is 4.79 Å². The van der Waals surface area contributed by atoms with E-state index in [1.807, 2.05) is 30.5 Å². The fourth-order valence-electron chi connectivity index (χ4n) is 1.94. The van der Waals surface area contributed by atoms with Crippen LogP contribution in [0.15, 0.2) is 29.2 Å². The maximum absolute atomic E-state index is 11.9. The molecule has 1 unspecified atom stereocenters. The van der Waals surface area contributed by atoms with E-state index in [0.717, 1.165) is 25.1 Å². The smallest absolute Gasteiger partial charge is 0.243 e. The normalized spacial score (nSPS) is 21.2. The van der Waals surface area contributed by atoms with Crippen LogP contribution in [0, 0.1) is 0 Å². The first-order chi connectivity index (χ1) is 7.72. The highest BCUT2D eigenvalue weighted by molar-refractivity contribution is 7.98. The minimum atomic E-state index is -0.327. The van der Waals surface area contributed by atoms with Crippen molar-refractivity contribution in [2.45, 2.75) is 23.8 Å². The van der Waals surface area contributed by atoms with Gasteiger partial charge in [0.15, 0.2) is 0 Å². The third-order valence-corrected chi connectivity index (χ3v) is 3.57. The number of hydrogen-bond acceptors (Lipinski definition) is 3. The lowest BCUT2D eigenvalue weighted by atomic mass is 10.1. The Morgan fingerprint density at radius 2 is 2.31 bits per heavy atom. The van der Waals surface area contributed by atoms with Gasteiger partial charge in [0, 0.05) is 17.1 Å². The lowest BCUT2D eigenvalue weighted by molar-refractivity contribution is -0.120. The number of carbonyl (C=O) groups is 1. The Morgan fingerprint density at radius 3 is 3.06 bits per heavy atom. The molecule has 1 aliphatic rings. The first-order valence-electron chi connectivity index (χ1n) is 5.43. The zero-order valence-corrected chi connectivity index (χ0v) is 10.2. The van der Waals surface area contributed by atoms with Crippen molar-refractivity contribution in [1.29, 1.82) is 0 Å². The van der Waals surface area contributed by atoms with Gasteiger partial charge in [-0.1, -0.05) is 6.07 Å². The molecule has 0 bridgehead atoms. The van der Waals surface area contributed by atoms with Crippen LogP contribution in [0.1, 0.15) is 12.8 Å². The summed E-state index contributed by atoms with van der Waals surface area (Å²) in [7, 11) is 0. The monoisotopic (exact) mass is 236 g/mol. The van der Waals surface area contributed by atoms with Gasteiger partial charge in [-0.05, 0) is 37.3 Å². The van der Waals surface area contributed by atoms with E-state index in [2.05, 4.69) is 0 Å². The Morgan fingerprint density at radius 1 is 1.50 bits per heavy atom. The molecule has 0 aromatic heterocycles. The van der Waals surface area contributed by atoms with E-state index in [1.54, 1.807) is 16.7 Å². The predicted molar refractivity (Wildman–Crippen MR) is 67.8 cm³/mol. The molecule has 16 heavy (non-hydrogen) atoms. The lowest BCUT2D eigenvalue weighted by Gasteiger charge is -2.30. The van der Waals surface area contributed by atoms with Gasteiger partial charge in [0.25, 0.3) is 0 Å². The van der Waals surface area contributed by atoms with Gasteiger partial charge in [0.05, 0.1) is 6.04 Å². The molecule has 4 heteroatoms. The zero-order valence-electron chi connectivity index (χ0n) is 9.35. The van der Waals surface area contributed by atoms with Gasteiger partial charge in [0.2, 0.25) is 5.91 Å². The standard InChI is InChI=1S/C12H16N2OS/c1-16-10-5-2-4-9(8-10)14-7-3-6-11(13)12(14)15/h2,4-5,8,11H,3,6-7,13H2,1H3. The second kappa shape index (κ2) is 4.89. The largest absolute Gasteiger partial charge is 0.320 e. The van der Waals surface area contributed by atoms with Crippen LogP contribution in [0.2, 0.25) is 0 Å². The SMILES string of the molecule is CSc1cccc(N2CCCC(N)C2=O)c1. The average molecular weight is 236 g/mol. The molecule has 1 saturated heterocycles. The van der Waals surface area contributed by atoms with Crippen LogP contribution in [-0.2, 0) is 4.79 Å². The molecule has 0 spiro atoms. The van der Waals surface area contributed by atoms with Crippen molar-refractivity contribution >= 4 is 23.4 Å². The second-order valence-electron chi connectivity index (χ2n) is 3.94. The number of hydrogen-bond donors (Lipinski definition) is 1. The molecule has 1 amide bonds. The Balaban J connectivity index is 2.25. The Kier molecular flexibility index (Phi) is 3.51. The highest BCUT2D eigenvalue weighted by atomic mass is 32.2. The second-order valence-corrected chi connectivity index (χ2v) is 4.82. The molecule has 3 nitrogen and oxygen atoms in total. The summed E-state index contributed by atoms with van der Waals surface area (Å²) in [4.78, 5) is 14.9. The molecular weight excluding hydrogens is 220 g/mol. The van der Waals surface area contributed by atoms with E-state index in [-0.39, 0.29) is 11.9 Å². The van der Waals surface area contributed by atoms with E-state index in [1.165, 1.54) is 4.90 Å². The van der Waals surface area contributed by atoms with Gasteiger partial charge < -0.3 is 10.6 Å². The summed E-state index contributed by atoms with van der Waals surface area (Å²) in [5.41, 5.74) is 6.74. The molecule has 0 saturated carbocycles. The molecule has 2 rings (SSSR count). The van der Waals surface area contributed by atoms with Crippen LogP contribution in [0.25, 0.3) is 0 Å². The number of amides is 1. The minimum Gasteiger partial charge on any atom is -0.320 e. The summed E-state index contributed by atoms with van der Waals surface area (Å²) in [6, 6.07) is 7.71. The average Bonchev–Trinajstić information content (AvgIpc) is 2.33. The first kappa shape index (κ1) is 11.5. The summed E-state index contributed by atoms with van der Waals surface area (Å²) in [6.45, 7) is 0.782. The van der Waals surface area contributed by atoms with E-state index in [0.29, 0.717) is 0 Å². The minimum absolute atomic E-state index is 0.0458. The molecule has 1 aromatic rings. The molecule has 86 valence electrons. The van der Waals surface area contributed by atoms with E-state index < -0.39 is 0 Å². The van der Waals surface area contributed by atoms with Crippen molar-refractivity contribution in [3.8, 4) is 0 Å². The molecule has 0 aliphatic carbocycles. The molecule has 2 N–H and O–H groups in total. The van der Waals surface area contributed by atoms with Crippen LogP contribution in [0.5, 0.6) is 0 Å². The lowest BCUT2D eigenvalue weighted by Crippen LogP contribution is -2.48. The van der Waals surface area contributed by atoms with Crippen molar-refractivity contribution in [3.05, 3.63) is 24.3 Å². The number of nitrogens with two attached hydrogens (primary N) is 1. The topological polar surface area (TPSA) is 46.3 Å². The highest BCUT2D eigenvalue weighted by Crippen LogP contribution is 2.25. The van der Waals surface area contributed by atoms with Gasteiger partial charge in [0.1, 0.15) is 0 Å². The van der Waals surface area contributed by atoms with E-state index in [9.17, 15) is 4.79 Å². The fraction of sp³-hybridized carbons (Fsp3) is 0.417. The Hall–Kier alpha value is -1.00. The summed E-state index contributed by atoms with van der Waals surface area (Å²) in [6.07, 6.45) is 3.82. The third-order valence-electron chi connectivity index (χ3n) is 2.85. The number of piperidine rings is 1. The number of rotatable bonds is 2. The maximum atomic E-state index is 11.9. The van der Waals surface area contributed by atoms with Crippen LogP contribution >= 0.6 is 11.8 Å². The van der Waals surface area contributed by atoms with E-state index in [4.69, 9.17) is 5.73 Å². The van der Waals surface area contributed by atoms with Gasteiger partial charge in [-0.25, -0.2) is 0 Å². The summed E-state index contributed by atoms with van der Waals surface area (Å²) in [5.74, 6) is 0.0458. The number of nitrogens with zero attached hydrogens (tertiary/aromatic N) is 1. The first-order valence-corrected chi connectivity index (χ1v) is 6.66. The molecule has 1 heterocycles. The van der Waals surface area contributed by atoms with Crippen molar-refractivity contribution in [1.82, 2.24) is 0 Å². The molecular formula is C12H16N2OS. The molecule has 1 aliphatic heterocycles. The summed E-state index contributed by atoms with van der Waals surface area (Å²) in [5, 5.41) is 0. The summed E-state index contributed by atoms with van der Waals surface area (Å²) >= 11 is 1.68. The Bertz CT molecular complexity index is 394. The summed E-state index contributed by atoms with van der Waals surface area (Å²) < 4.78 is 0. The van der Waals surface area contributed by atoms with Crippen molar-refractivity contribution in [2.75, 3.05) is 17.7 Å². The maximum Gasteiger partial charge on any atom is 0.243 e. The predicted octanol–water partition coefficient (Wildman–Crippen LogP) is 1.86. The number of anilines is 1.